The number of morpholine rings is 1. The topological polar surface area (TPSA) is 96.5 Å². The summed E-state index contributed by atoms with van der Waals surface area (Å²) in [6, 6.07) is 9.12. The van der Waals surface area contributed by atoms with Crippen LogP contribution in [-0.2, 0) is 14.3 Å². The molecule has 0 saturated carbocycles. The Morgan fingerprint density at radius 1 is 1.23 bits per heavy atom. The smallest absolute Gasteiger partial charge is 0.295 e. The van der Waals surface area contributed by atoms with Gasteiger partial charge in [-0.3, -0.25) is 9.59 Å². The first-order chi connectivity index (χ1) is 15.1. The molecule has 2 aliphatic rings. The lowest BCUT2D eigenvalue weighted by molar-refractivity contribution is -0.908. The number of hydrogen-bond acceptors (Lipinski definition) is 6. The zero-order valence-electron chi connectivity index (χ0n) is 17.5. The number of hydrogen-bond donors (Lipinski definition) is 1. The Morgan fingerprint density at radius 2 is 2.03 bits per heavy atom. The summed E-state index contributed by atoms with van der Waals surface area (Å²) in [4.78, 5) is 28.7. The molecule has 1 N–H and O–H groups in total. The largest absolute Gasteiger partial charge is 0.872 e. The van der Waals surface area contributed by atoms with Gasteiger partial charge in [-0.1, -0.05) is 17.9 Å². The van der Waals surface area contributed by atoms with Gasteiger partial charge in [-0.2, -0.15) is 0 Å². The monoisotopic (exact) mass is 426 g/mol. The molecule has 1 unspecified atom stereocenters. The zero-order chi connectivity index (χ0) is 21.8. The van der Waals surface area contributed by atoms with E-state index in [1.807, 2.05) is 0 Å². The molecule has 2 saturated heterocycles. The molecule has 4 rings (SSSR count). The van der Waals surface area contributed by atoms with Gasteiger partial charge in [0.15, 0.2) is 0 Å². The number of carbonyl (C=O) groups excluding carboxylic acids is 2. The van der Waals surface area contributed by atoms with Gasteiger partial charge in [-0.25, -0.2) is 0 Å². The highest BCUT2D eigenvalue weighted by atomic mass is 16.5. The average molecular weight is 426 g/mol. The van der Waals surface area contributed by atoms with Crippen LogP contribution in [-0.4, -0.2) is 63.1 Å². The van der Waals surface area contributed by atoms with Crippen LogP contribution in [0, 0.1) is 0 Å². The lowest BCUT2D eigenvalue weighted by atomic mass is 9.99. The highest BCUT2D eigenvalue weighted by Crippen LogP contribution is 2.39. The molecule has 1 amide bonds. The molecule has 0 spiro atoms. The van der Waals surface area contributed by atoms with Gasteiger partial charge >= 0.3 is 0 Å². The van der Waals surface area contributed by atoms with E-state index in [9.17, 15) is 14.7 Å². The minimum Gasteiger partial charge on any atom is -0.872 e. The zero-order valence-corrected chi connectivity index (χ0v) is 17.5. The summed E-state index contributed by atoms with van der Waals surface area (Å²) in [5.41, 5.74) is 0.221. The molecular weight excluding hydrogens is 400 g/mol. The van der Waals surface area contributed by atoms with E-state index in [2.05, 4.69) is 0 Å². The molecule has 31 heavy (non-hydrogen) atoms. The number of amides is 1. The Hall–Kier alpha value is -3.10. The fraction of sp³-hybridized carbons (Fsp3) is 0.391. The number of carbonyl (C=O) groups is 2. The lowest BCUT2D eigenvalue weighted by Gasteiger charge is -2.27. The van der Waals surface area contributed by atoms with Crippen molar-refractivity contribution in [3.05, 3.63) is 59.6 Å². The highest BCUT2D eigenvalue weighted by Gasteiger charge is 2.45. The molecule has 2 aromatic rings. The summed E-state index contributed by atoms with van der Waals surface area (Å²) in [6.45, 7) is 4.57. The van der Waals surface area contributed by atoms with Gasteiger partial charge < -0.3 is 28.8 Å². The van der Waals surface area contributed by atoms with Crippen molar-refractivity contribution >= 4 is 17.4 Å². The van der Waals surface area contributed by atoms with Gasteiger partial charge in [0, 0.05) is 18.5 Å². The second kappa shape index (κ2) is 9.36. The van der Waals surface area contributed by atoms with Gasteiger partial charge in [-0.05, 0) is 29.8 Å². The number of rotatable bonds is 7. The van der Waals surface area contributed by atoms with Crippen molar-refractivity contribution in [1.82, 2.24) is 4.90 Å². The van der Waals surface area contributed by atoms with Crippen molar-refractivity contribution in [1.29, 1.82) is 0 Å². The Morgan fingerprint density at radius 3 is 2.74 bits per heavy atom. The van der Waals surface area contributed by atoms with Crippen LogP contribution < -0.4 is 14.7 Å². The van der Waals surface area contributed by atoms with Crippen LogP contribution in [0.5, 0.6) is 5.75 Å². The third kappa shape index (κ3) is 4.35. The average Bonchev–Trinajstić information content (AvgIpc) is 3.42. The Labute approximate surface area is 180 Å². The second-order valence-electron chi connectivity index (χ2n) is 7.69. The minimum absolute atomic E-state index is 0.0769. The summed E-state index contributed by atoms with van der Waals surface area (Å²) in [6.07, 6.45) is 2.19. The van der Waals surface area contributed by atoms with Gasteiger partial charge in [0.1, 0.15) is 30.6 Å². The standard InChI is InChI=1S/C23H26N2O6/c1-29-17-6-2-5-16(15-17)21(26)19-20(18-7-3-12-31-18)25(23(28)22(19)27)9-4-8-24-10-13-30-14-11-24/h2-3,5-7,12,15,20,26H,4,8-11,13-14H2,1H3/b21-19+. The first kappa shape index (κ1) is 21.1. The van der Waals surface area contributed by atoms with Crippen LogP contribution in [0.4, 0.5) is 0 Å². The third-order valence-electron chi connectivity index (χ3n) is 5.80. The number of quaternary nitrogens is 1. The van der Waals surface area contributed by atoms with Crippen molar-refractivity contribution in [3.8, 4) is 5.75 Å². The van der Waals surface area contributed by atoms with E-state index in [4.69, 9.17) is 13.9 Å². The van der Waals surface area contributed by atoms with E-state index >= 15 is 0 Å². The van der Waals surface area contributed by atoms with E-state index in [-0.39, 0.29) is 5.57 Å². The number of Topliss-reactive ketones (excluding diaryl/α,β-unsaturated/α-hetero) is 1. The minimum atomic E-state index is -0.826. The normalized spacial score (nSPS) is 21.6. The van der Waals surface area contributed by atoms with Crippen molar-refractivity contribution in [2.45, 2.75) is 12.5 Å². The van der Waals surface area contributed by atoms with Crippen LogP contribution in [0.3, 0.4) is 0 Å². The molecule has 1 atom stereocenters. The molecule has 0 aliphatic carbocycles. The number of furan rings is 1. The number of ether oxygens (including phenoxy) is 2. The second-order valence-corrected chi connectivity index (χ2v) is 7.69. The number of nitrogens with one attached hydrogen (secondary N) is 1. The Bertz CT molecular complexity index is 962. The molecule has 3 heterocycles. The molecule has 1 aromatic heterocycles. The first-order valence-corrected chi connectivity index (χ1v) is 10.5. The van der Waals surface area contributed by atoms with Gasteiger partial charge in [0.2, 0.25) is 5.78 Å². The molecule has 164 valence electrons. The predicted octanol–water partition coefficient (Wildman–Crippen LogP) is -0.183. The number of likely N-dealkylation sites (tertiary alicyclic amines) is 1. The van der Waals surface area contributed by atoms with E-state index in [0.717, 1.165) is 32.8 Å². The molecule has 2 aliphatic heterocycles. The number of benzene rings is 1. The van der Waals surface area contributed by atoms with E-state index in [0.29, 0.717) is 30.0 Å². The maximum absolute atomic E-state index is 13.3. The number of methoxy groups -OCH3 is 1. The molecule has 8 nitrogen and oxygen atoms in total. The lowest BCUT2D eigenvalue weighted by Crippen LogP contribution is -3.14. The predicted molar refractivity (Wildman–Crippen MR) is 109 cm³/mol. The van der Waals surface area contributed by atoms with Crippen LogP contribution in [0.2, 0.25) is 0 Å². The SMILES string of the molecule is COc1cccc(/C([O-])=C2\C(=O)C(=O)N(CCC[NH+]3CCOCC3)C2c2ccco2)c1. The van der Waals surface area contributed by atoms with Gasteiger partial charge in [0.25, 0.3) is 5.91 Å². The van der Waals surface area contributed by atoms with Gasteiger partial charge in [0.05, 0.1) is 33.1 Å². The summed E-state index contributed by atoms with van der Waals surface area (Å²) in [5, 5.41) is 13.3. The Balaban J connectivity index is 1.63. The first-order valence-electron chi connectivity index (χ1n) is 10.5. The van der Waals surface area contributed by atoms with E-state index in [1.165, 1.54) is 23.2 Å². The van der Waals surface area contributed by atoms with E-state index in [1.54, 1.807) is 36.4 Å². The van der Waals surface area contributed by atoms with Crippen LogP contribution >= 0.6 is 0 Å². The molecule has 0 bridgehead atoms. The van der Waals surface area contributed by atoms with Crippen LogP contribution in [0.15, 0.2) is 52.7 Å². The van der Waals surface area contributed by atoms with Crippen molar-refractivity contribution in [2.24, 2.45) is 0 Å². The van der Waals surface area contributed by atoms with Gasteiger partial charge in [-0.15, -0.1) is 0 Å². The summed E-state index contributed by atoms with van der Waals surface area (Å²) < 4.78 is 16.1. The summed E-state index contributed by atoms with van der Waals surface area (Å²) in [7, 11) is 1.50. The highest BCUT2D eigenvalue weighted by molar-refractivity contribution is 6.46. The quantitative estimate of drug-likeness (QED) is 0.375. The molecular formula is C23H26N2O6. The molecule has 8 heteroatoms. The summed E-state index contributed by atoms with van der Waals surface area (Å²) >= 11 is 0. The fourth-order valence-corrected chi connectivity index (χ4v) is 4.17. The van der Waals surface area contributed by atoms with Crippen molar-refractivity contribution in [3.63, 3.8) is 0 Å². The number of ketones is 1. The summed E-state index contributed by atoms with van der Waals surface area (Å²) in [5.74, 6) is -1.01. The molecule has 1 aromatic carbocycles. The molecule has 2 fully saturated rings. The van der Waals surface area contributed by atoms with Crippen molar-refractivity contribution in [2.75, 3.05) is 46.5 Å². The van der Waals surface area contributed by atoms with Crippen LogP contribution in [0.25, 0.3) is 5.76 Å². The maximum atomic E-state index is 13.3. The van der Waals surface area contributed by atoms with E-state index < -0.39 is 23.5 Å². The third-order valence-corrected chi connectivity index (χ3v) is 5.80. The Kier molecular flexibility index (Phi) is 6.39. The fourth-order valence-electron chi connectivity index (χ4n) is 4.17. The number of nitrogens with zero attached hydrogens (tertiary/aromatic N) is 1. The van der Waals surface area contributed by atoms with Crippen molar-refractivity contribution < 1.29 is 33.5 Å². The molecule has 0 radical (unpaired) electrons. The maximum Gasteiger partial charge on any atom is 0.295 e. The van der Waals surface area contributed by atoms with Crippen LogP contribution in [0.1, 0.15) is 23.8 Å².